The van der Waals surface area contributed by atoms with Gasteiger partial charge in [0.05, 0.1) is 5.71 Å². The van der Waals surface area contributed by atoms with E-state index in [1.54, 1.807) is 13.0 Å². The monoisotopic (exact) mass is 239 g/mol. The quantitative estimate of drug-likeness (QED) is 0.497. The number of nitrogens with zero attached hydrogens (tertiary/aromatic N) is 3. The van der Waals surface area contributed by atoms with Crippen LogP contribution in [0.2, 0.25) is 0 Å². The minimum Gasteiger partial charge on any atom is -0.411 e. The highest BCUT2D eigenvalue weighted by Gasteiger charge is 2.06. The third kappa shape index (κ3) is 1.98. The zero-order chi connectivity index (χ0) is 13.1. The van der Waals surface area contributed by atoms with Crippen LogP contribution in [0.1, 0.15) is 18.2 Å². The lowest BCUT2D eigenvalue weighted by molar-refractivity contribution is 0.319. The van der Waals surface area contributed by atoms with E-state index in [0.29, 0.717) is 11.4 Å². The highest BCUT2D eigenvalue weighted by molar-refractivity contribution is 5.98. The van der Waals surface area contributed by atoms with Crippen LogP contribution in [0.4, 0.5) is 0 Å². The maximum atomic E-state index is 8.91. The topological polar surface area (TPSA) is 61.3 Å². The van der Waals surface area contributed by atoms with Gasteiger partial charge in [0.15, 0.2) is 0 Å². The minimum absolute atomic E-state index is 0.575. The van der Waals surface area contributed by atoms with Crippen molar-refractivity contribution in [2.24, 2.45) is 12.2 Å². The molecule has 2 aromatic rings. The second kappa shape index (κ2) is 4.76. The Morgan fingerprint density at radius 1 is 1.22 bits per heavy atom. The molecule has 0 aliphatic heterocycles. The summed E-state index contributed by atoms with van der Waals surface area (Å²) < 4.78 is 1.85. The highest BCUT2D eigenvalue weighted by Crippen LogP contribution is 2.21. The summed E-state index contributed by atoms with van der Waals surface area (Å²) in [4.78, 5) is 0. The van der Waals surface area contributed by atoms with Crippen molar-refractivity contribution >= 4 is 5.71 Å². The average Bonchev–Trinajstić information content (AvgIpc) is 2.79. The van der Waals surface area contributed by atoms with Crippen molar-refractivity contribution < 1.29 is 5.21 Å². The van der Waals surface area contributed by atoms with Gasteiger partial charge in [-0.2, -0.15) is 5.26 Å². The van der Waals surface area contributed by atoms with Gasteiger partial charge in [-0.15, -0.1) is 0 Å². The summed E-state index contributed by atoms with van der Waals surface area (Å²) in [6, 6.07) is 13.5. The van der Waals surface area contributed by atoms with E-state index in [2.05, 4.69) is 11.2 Å². The molecule has 0 aliphatic rings. The number of nitriles is 1. The fourth-order valence-corrected chi connectivity index (χ4v) is 1.85. The Bertz CT molecular complexity index is 630. The van der Waals surface area contributed by atoms with Gasteiger partial charge >= 0.3 is 0 Å². The maximum absolute atomic E-state index is 8.91. The summed E-state index contributed by atoms with van der Waals surface area (Å²) in [6.45, 7) is 1.74. The molecule has 0 bridgehead atoms. The van der Waals surface area contributed by atoms with Gasteiger partial charge in [0.25, 0.3) is 0 Å². The molecule has 90 valence electrons. The van der Waals surface area contributed by atoms with E-state index in [9.17, 15) is 0 Å². The van der Waals surface area contributed by atoms with Crippen LogP contribution in [0.15, 0.2) is 41.6 Å². The normalized spacial score (nSPS) is 11.3. The second-order valence-electron chi connectivity index (χ2n) is 4.04. The van der Waals surface area contributed by atoms with E-state index >= 15 is 0 Å². The van der Waals surface area contributed by atoms with Crippen molar-refractivity contribution in [1.82, 2.24) is 4.57 Å². The van der Waals surface area contributed by atoms with Crippen LogP contribution in [0.5, 0.6) is 0 Å². The Morgan fingerprint density at radius 2 is 1.89 bits per heavy atom. The Labute approximate surface area is 105 Å². The van der Waals surface area contributed by atoms with Gasteiger partial charge in [0.2, 0.25) is 0 Å². The van der Waals surface area contributed by atoms with E-state index in [0.717, 1.165) is 16.8 Å². The van der Waals surface area contributed by atoms with Crippen LogP contribution in [0.25, 0.3) is 11.3 Å². The molecule has 2 rings (SSSR count). The van der Waals surface area contributed by atoms with Gasteiger partial charge in [0.1, 0.15) is 11.8 Å². The molecule has 0 aliphatic carbocycles. The Balaban J connectivity index is 2.41. The largest absolute Gasteiger partial charge is 0.411 e. The number of hydrogen-bond donors (Lipinski definition) is 1. The molecule has 1 heterocycles. The lowest BCUT2D eigenvalue weighted by Crippen LogP contribution is -1.96. The van der Waals surface area contributed by atoms with E-state index in [-0.39, 0.29) is 0 Å². The summed E-state index contributed by atoms with van der Waals surface area (Å²) in [5.41, 5.74) is 4.08. The zero-order valence-electron chi connectivity index (χ0n) is 10.3. The standard InChI is InChI=1S/C14H13N3O/c1-10(16-18)11-3-5-12(6-4-11)14-8-7-13(9-15)17(14)2/h3-8,18H,1-2H3/b16-10+. The van der Waals surface area contributed by atoms with Crippen molar-refractivity contribution in [3.05, 3.63) is 47.7 Å². The van der Waals surface area contributed by atoms with E-state index < -0.39 is 0 Å². The van der Waals surface area contributed by atoms with Crippen molar-refractivity contribution in [2.45, 2.75) is 6.92 Å². The Morgan fingerprint density at radius 3 is 2.39 bits per heavy atom. The summed E-state index contributed by atoms with van der Waals surface area (Å²) >= 11 is 0. The number of oxime groups is 1. The fourth-order valence-electron chi connectivity index (χ4n) is 1.85. The molecular formula is C14H13N3O. The van der Waals surface area contributed by atoms with E-state index in [1.807, 2.05) is 41.9 Å². The first kappa shape index (κ1) is 11.9. The van der Waals surface area contributed by atoms with E-state index in [1.165, 1.54) is 0 Å². The highest BCUT2D eigenvalue weighted by atomic mass is 16.4. The predicted octanol–water partition coefficient (Wildman–Crippen LogP) is 2.76. The molecule has 0 saturated heterocycles. The molecular weight excluding hydrogens is 226 g/mol. The molecule has 0 atom stereocenters. The maximum Gasteiger partial charge on any atom is 0.120 e. The second-order valence-corrected chi connectivity index (χ2v) is 4.04. The van der Waals surface area contributed by atoms with Gasteiger partial charge in [0, 0.05) is 12.7 Å². The Hall–Kier alpha value is -2.54. The summed E-state index contributed by atoms with van der Waals surface area (Å²) in [5, 5.41) is 20.8. The summed E-state index contributed by atoms with van der Waals surface area (Å²) in [6.07, 6.45) is 0. The number of benzene rings is 1. The van der Waals surface area contributed by atoms with Crippen LogP contribution < -0.4 is 0 Å². The van der Waals surface area contributed by atoms with Gasteiger partial charge < -0.3 is 9.77 Å². The van der Waals surface area contributed by atoms with Gasteiger partial charge in [-0.1, -0.05) is 29.4 Å². The fraction of sp³-hybridized carbons (Fsp3) is 0.143. The van der Waals surface area contributed by atoms with Crippen LogP contribution in [-0.4, -0.2) is 15.5 Å². The first-order chi connectivity index (χ1) is 8.67. The first-order valence-electron chi connectivity index (χ1n) is 5.52. The van der Waals surface area contributed by atoms with Crippen LogP contribution in [-0.2, 0) is 7.05 Å². The first-order valence-corrected chi connectivity index (χ1v) is 5.52. The van der Waals surface area contributed by atoms with Gasteiger partial charge in [-0.05, 0) is 30.2 Å². The molecule has 0 fully saturated rings. The minimum atomic E-state index is 0.575. The molecule has 4 nitrogen and oxygen atoms in total. The molecule has 18 heavy (non-hydrogen) atoms. The third-order valence-corrected chi connectivity index (χ3v) is 2.98. The number of rotatable bonds is 2. The van der Waals surface area contributed by atoms with Crippen LogP contribution in [0.3, 0.4) is 0 Å². The van der Waals surface area contributed by atoms with Gasteiger partial charge in [-0.25, -0.2) is 0 Å². The molecule has 1 aromatic carbocycles. The molecule has 0 radical (unpaired) electrons. The average molecular weight is 239 g/mol. The van der Waals surface area contributed by atoms with Gasteiger partial charge in [-0.3, -0.25) is 0 Å². The SMILES string of the molecule is C/C(=N\O)c1ccc(-c2ccc(C#N)n2C)cc1. The third-order valence-electron chi connectivity index (χ3n) is 2.98. The molecule has 0 saturated carbocycles. The van der Waals surface area contributed by atoms with Crippen molar-refractivity contribution in [3.63, 3.8) is 0 Å². The predicted molar refractivity (Wildman–Crippen MR) is 69.6 cm³/mol. The summed E-state index contributed by atoms with van der Waals surface area (Å²) in [5.74, 6) is 0. The molecule has 1 N–H and O–H groups in total. The van der Waals surface area contributed by atoms with Crippen LogP contribution in [0, 0.1) is 11.3 Å². The molecule has 0 amide bonds. The number of hydrogen-bond acceptors (Lipinski definition) is 3. The molecule has 4 heteroatoms. The zero-order valence-corrected chi connectivity index (χ0v) is 10.3. The van der Waals surface area contributed by atoms with Crippen molar-refractivity contribution in [1.29, 1.82) is 5.26 Å². The number of aromatic nitrogens is 1. The van der Waals surface area contributed by atoms with Crippen LogP contribution >= 0.6 is 0 Å². The lowest BCUT2D eigenvalue weighted by atomic mass is 10.1. The Kier molecular flexibility index (Phi) is 3.16. The molecule has 1 aromatic heterocycles. The van der Waals surface area contributed by atoms with E-state index in [4.69, 9.17) is 10.5 Å². The smallest absolute Gasteiger partial charge is 0.120 e. The molecule has 0 spiro atoms. The van der Waals surface area contributed by atoms with Crippen molar-refractivity contribution in [3.8, 4) is 17.3 Å². The van der Waals surface area contributed by atoms with Crippen molar-refractivity contribution in [2.75, 3.05) is 0 Å². The molecule has 0 unspecified atom stereocenters. The lowest BCUT2D eigenvalue weighted by Gasteiger charge is -2.05. The summed E-state index contributed by atoms with van der Waals surface area (Å²) in [7, 11) is 1.86.